The van der Waals surface area contributed by atoms with Crippen LogP contribution in [0.4, 0.5) is 0 Å². The Balaban J connectivity index is 0. The van der Waals surface area contributed by atoms with Crippen LogP contribution in [0.2, 0.25) is 0 Å². The molecule has 6 N–H and O–H groups in total. The summed E-state index contributed by atoms with van der Waals surface area (Å²) in [6.07, 6.45) is 0. The molecule has 0 fully saturated rings. The molecule has 0 spiro atoms. The van der Waals surface area contributed by atoms with Crippen molar-refractivity contribution in [1.82, 2.24) is 0 Å². The minimum Gasteiger partial charge on any atom is -0.396 e. The number of ether oxygens (including phenoxy) is 1. The van der Waals surface area contributed by atoms with Crippen molar-refractivity contribution in [3.8, 4) is 0 Å². The number of hydrogen-bond acceptors (Lipinski definition) is 7. The van der Waals surface area contributed by atoms with E-state index in [0.717, 1.165) is 0 Å². The zero-order chi connectivity index (χ0) is 11.4. The van der Waals surface area contributed by atoms with Gasteiger partial charge in [0.2, 0.25) is 0 Å². The standard InChI is InChI=1S/C5H12O4.C2H6O3/c6-1-5(2-7,3-8)4-9;3-1-5-2-4/h6-9H,1-4H2;3-4H,1-2H2. The van der Waals surface area contributed by atoms with Crippen LogP contribution in [0.25, 0.3) is 0 Å². The second-order valence-electron chi connectivity index (χ2n) is 2.59. The molecule has 0 rings (SSSR count). The molecule has 0 aromatic heterocycles. The van der Waals surface area contributed by atoms with Gasteiger partial charge in [-0.3, -0.25) is 0 Å². The second kappa shape index (κ2) is 10.8. The van der Waals surface area contributed by atoms with Crippen LogP contribution in [-0.4, -0.2) is 70.7 Å². The molecule has 0 amide bonds. The molecule has 88 valence electrons. The van der Waals surface area contributed by atoms with Crippen molar-refractivity contribution in [1.29, 1.82) is 0 Å². The van der Waals surface area contributed by atoms with Crippen LogP contribution < -0.4 is 0 Å². The Morgan fingerprint density at radius 2 is 0.929 bits per heavy atom. The first-order valence-corrected chi connectivity index (χ1v) is 3.89. The summed E-state index contributed by atoms with van der Waals surface area (Å²) in [6.45, 7) is -2.44. The van der Waals surface area contributed by atoms with E-state index in [-0.39, 0.29) is 0 Å². The third-order valence-corrected chi connectivity index (χ3v) is 1.52. The van der Waals surface area contributed by atoms with Crippen LogP contribution in [-0.2, 0) is 4.74 Å². The van der Waals surface area contributed by atoms with E-state index in [9.17, 15) is 0 Å². The van der Waals surface area contributed by atoms with Gasteiger partial charge in [-0.25, -0.2) is 0 Å². The topological polar surface area (TPSA) is 131 Å². The fourth-order valence-corrected chi connectivity index (χ4v) is 0.341. The number of aliphatic hydroxyl groups excluding tert-OH is 6. The predicted molar refractivity (Wildman–Crippen MR) is 46.0 cm³/mol. The molecule has 0 saturated heterocycles. The van der Waals surface area contributed by atoms with Crippen LogP contribution in [0.3, 0.4) is 0 Å². The minimum absolute atomic E-state index is 0.406. The Morgan fingerprint density at radius 3 is 0.929 bits per heavy atom. The van der Waals surface area contributed by atoms with Gasteiger partial charge in [0.1, 0.15) is 13.6 Å². The Bertz CT molecular complexity index is 84.7. The van der Waals surface area contributed by atoms with Crippen LogP contribution in [0.15, 0.2) is 0 Å². The van der Waals surface area contributed by atoms with Crippen LogP contribution in [0, 0.1) is 5.41 Å². The van der Waals surface area contributed by atoms with E-state index in [1.54, 1.807) is 0 Å². The van der Waals surface area contributed by atoms with Gasteiger partial charge in [0.25, 0.3) is 0 Å². The summed E-state index contributed by atoms with van der Waals surface area (Å²) < 4.78 is 3.94. The molecule has 0 aliphatic rings. The van der Waals surface area contributed by atoms with Crippen molar-refractivity contribution in [3.63, 3.8) is 0 Å². The maximum absolute atomic E-state index is 8.50. The lowest BCUT2D eigenvalue weighted by Gasteiger charge is -2.23. The molecule has 7 heteroatoms. The van der Waals surface area contributed by atoms with Gasteiger partial charge in [0, 0.05) is 0 Å². The van der Waals surface area contributed by atoms with Gasteiger partial charge in [-0.1, -0.05) is 0 Å². The van der Waals surface area contributed by atoms with Crippen molar-refractivity contribution in [3.05, 3.63) is 0 Å². The lowest BCUT2D eigenvalue weighted by Crippen LogP contribution is -2.37. The molecule has 0 bridgehead atoms. The van der Waals surface area contributed by atoms with Gasteiger partial charge >= 0.3 is 0 Å². The molecule has 7 nitrogen and oxygen atoms in total. The van der Waals surface area contributed by atoms with E-state index in [0.29, 0.717) is 0 Å². The number of hydrogen-bond donors (Lipinski definition) is 6. The molecule has 0 saturated carbocycles. The van der Waals surface area contributed by atoms with Gasteiger partial charge in [-0.05, 0) is 0 Å². The summed E-state index contributed by atoms with van der Waals surface area (Å²) >= 11 is 0. The smallest absolute Gasteiger partial charge is 0.146 e. The van der Waals surface area contributed by atoms with E-state index in [1.165, 1.54) is 0 Å². The molecule has 0 radical (unpaired) electrons. The number of aliphatic hydroxyl groups is 6. The molecule has 0 heterocycles. The summed E-state index contributed by atoms with van der Waals surface area (Å²) in [5.74, 6) is 0. The monoisotopic (exact) mass is 214 g/mol. The van der Waals surface area contributed by atoms with Gasteiger partial charge in [0.05, 0.1) is 31.8 Å². The first kappa shape index (κ1) is 16.2. The average Bonchev–Trinajstić information content (AvgIpc) is 2.24. The third-order valence-electron chi connectivity index (χ3n) is 1.52. The molecule has 14 heavy (non-hydrogen) atoms. The molecule has 0 aromatic rings. The minimum atomic E-state index is -1.11. The average molecular weight is 214 g/mol. The highest BCUT2D eigenvalue weighted by molar-refractivity contribution is 4.74. The molecule has 0 aliphatic heterocycles. The summed E-state index contributed by atoms with van der Waals surface area (Å²) in [6, 6.07) is 0. The summed E-state index contributed by atoms with van der Waals surface area (Å²) in [7, 11) is 0. The zero-order valence-corrected chi connectivity index (χ0v) is 7.83. The Morgan fingerprint density at radius 1 is 0.643 bits per heavy atom. The Kier molecular flexibility index (Phi) is 12.5. The van der Waals surface area contributed by atoms with Crippen molar-refractivity contribution in [2.24, 2.45) is 5.41 Å². The highest BCUT2D eigenvalue weighted by Gasteiger charge is 2.26. The highest BCUT2D eigenvalue weighted by Crippen LogP contribution is 2.11. The van der Waals surface area contributed by atoms with E-state index < -0.39 is 45.4 Å². The van der Waals surface area contributed by atoms with Crippen molar-refractivity contribution in [2.75, 3.05) is 40.0 Å². The van der Waals surface area contributed by atoms with E-state index >= 15 is 0 Å². The van der Waals surface area contributed by atoms with E-state index in [2.05, 4.69) is 4.74 Å². The van der Waals surface area contributed by atoms with Gasteiger partial charge in [-0.15, -0.1) is 0 Å². The first-order valence-electron chi connectivity index (χ1n) is 3.89. The van der Waals surface area contributed by atoms with Gasteiger partial charge in [0.15, 0.2) is 0 Å². The maximum atomic E-state index is 8.50. The van der Waals surface area contributed by atoms with Gasteiger partial charge < -0.3 is 35.4 Å². The molecule has 0 unspecified atom stereocenters. The molecule has 0 atom stereocenters. The predicted octanol–water partition coefficient (Wildman–Crippen LogP) is -3.16. The normalized spacial score (nSPS) is 10.7. The molecular formula is C7H18O7. The van der Waals surface area contributed by atoms with Crippen LogP contribution in [0.5, 0.6) is 0 Å². The SMILES string of the molecule is OCC(CO)(CO)CO.OCOCO. The van der Waals surface area contributed by atoms with Crippen molar-refractivity contribution in [2.45, 2.75) is 0 Å². The number of rotatable bonds is 6. The summed E-state index contributed by atoms with van der Waals surface area (Å²) in [5, 5.41) is 49.4. The van der Waals surface area contributed by atoms with Crippen molar-refractivity contribution >= 4 is 0 Å². The fraction of sp³-hybridized carbons (Fsp3) is 1.00. The molecule has 0 aromatic carbocycles. The lowest BCUT2D eigenvalue weighted by molar-refractivity contribution is -0.0763. The quantitative estimate of drug-likeness (QED) is 0.257. The van der Waals surface area contributed by atoms with E-state index in [1.807, 2.05) is 0 Å². The van der Waals surface area contributed by atoms with Gasteiger partial charge in [-0.2, -0.15) is 0 Å². The molecule has 0 aliphatic carbocycles. The Hall–Kier alpha value is -0.280. The van der Waals surface area contributed by atoms with Crippen LogP contribution in [0.1, 0.15) is 0 Å². The van der Waals surface area contributed by atoms with E-state index in [4.69, 9.17) is 30.6 Å². The maximum Gasteiger partial charge on any atom is 0.146 e. The van der Waals surface area contributed by atoms with Crippen LogP contribution >= 0.6 is 0 Å². The fourth-order valence-electron chi connectivity index (χ4n) is 0.341. The largest absolute Gasteiger partial charge is 0.396 e. The third kappa shape index (κ3) is 7.15. The highest BCUT2D eigenvalue weighted by atomic mass is 16.6. The first-order chi connectivity index (χ1) is 6.66. The summed E-state index contributed by atoms with van der Waals surface area (Å²) in [5.41, 5.74) is -1.11. The summed E-state index contributed by atoms with van der Waals surface area (Å²) in [4.78, 5) is 0. The Labute approximate surface area is 81.8 Å². The second-order valence-corrected chi connectivity index (χ2v) is 2.59. The lowest BCUT2D eigenvalue weighted by atomic mass is 9.93. The van der Waals surface area contributed by atoms with Crippen molar-refractivity contribution < 1.29 is 35.4 Å². The molecular weight excluding hydrogens is 196 g/mol. The zero-order valence-electron chi connectivity index (χ0n) is 7.83.